The van der Waals surface area contributed by atoms with Gasteiger partial charge in [0, 0.05) is 37.4 Å². The molecule has 4 rings (SSSR count). The van der Waals surface area contributed by atoms with E-state index in [1.54, 1.807) is 18.3 Å². The van der Waals surface area contributed by atoms with Crippen molar-refractivity contribution >= 4 is 39.3 Å². The predicted molar refractivity (Wildman–Crippen MR) is 125 cm³/mol. The molecule has 4 heterocycles. The van der Waals surface area contributed by atoms with Crippen LogP contribution < -0.4 is 9.80 Å². The topological polar surface area (TPSA) is 93.6 Å². The number of fused-ring (bicyclic) bond motifs is 1. The molecule has 0 saturated carbocycles. The number of aryl methyl sites for hydroxylation is 1. The van der Waals surface area contributed by atoms with Crippen LogP contribution in [0.4, 0.5) is 11.8 Å². The normalized spacial score (nSPS) is 14.6. The van der Waals surface area contributed by atoms with E-state index in [1.807, 2.05) is 18.9 Å². The number of anilines is 2. The Hall–Kier alpha value is -2.85. The molecule has 1 aliphatic heterocycles. The average Bonchev–Trinajstić information content (AvgIpc) is 3.23. The molecular weight excluding hydrogens is 428 g/mol. The zero-order valence-corrected chi connectivity index (χ0v) is 19.9. The van der Waals surface area contributed by atoms with E-state index in [-0.39, 0.29) is 0 Å². The fourth-order valence-electron chi connectivity index (χ4n) is 3.55. The number of nitrogens with zero attached hydrogens (tertiary/aromatic N) is 6. The van der Waals surface area contributed by atoms with Gasteiger partial charge in [-0.05, 0) is 33.8 Å². The quantitative estimate of drug-likeness (QED) is 0.518. The number of hydrogen-bond donors (Lipinski definition) is 0. The lowest BCUT2D eigenvalue weighted by Gasteiger charge is -2.34. The summed E-state index contributed by atoms with van der Waals surface area (Å²) in [5, 5.41) is 0. The second-order valence-corrected chi connectivity index (χ2v) is 9.18. The van der Waals surface area contributed by atoms with Gasteiger partial charge in [0.25, 0.3) is 0 Å². The Morgan fingerprint density at radius 3 is 2.59 bits per heavy atom. The Bertz CT molecular complexity index is 1110. The summed E-state index contributed by atoms with van der Waals surface area (Å²) in [6.45, 7) is 11.3. The van der Waals surface area contributed by atoms with Crippen LogP contribution in [-0.2, 0) is 15.0 Å². The van der Waals surface area contributed by atoms with Gasteiger partial charge in [-0.15, -0.1) is 11.3 Å². The van der Waals surface area contributed by atoms with Crippen molar-refractivity contribution in [1.82, 2.24) is 19.9 Å². The Balaban J connectivity index is 1.65. The molecule has 3 aromatic heterocycles. The molecule has 3 aromatic rings. The van der Waals surface area contributed by atoms with E-state index in [2.05, 4.69) is 39.8 Å². The van der Waals surface area contributed by atoms with Crippen molar-refractivity contribution in [2.75, 3.05) is 49.8 Å². The molecule has 170 valence electrons. The first-order valence-electron chi connectivity index (χ1n) is 10.7. The summed E-state index contributed by atoms with van der Waals surface area (Å²) >= 11 is 1.69. The van der Waals surface area contributed by atoms with Gasteiger partial charge in [-0.1, -0.05) is 0 Å². The van der Waals surface area contributed by atoms with Gasteiger partial charge < -0.3 is 19.3 Å². The number of morpholine rings is 1. The molecule has 10 heteroatoms. The summed E-state index contributed by atoms with van der Waals surface area (Å²) in [4.78, 5) is 35.5. The largest absolute Gasteiger partial charge is 0.462 e. The third-order valence-corrected chi connectivity index (χ3v) is 7.10. The summed E-state index contributed by atoms with van der Waals surface area (Å²) in [5.41, 5.74) is 0.871. The highest BCUT2D eigenvalue weighted by molar-refractivity contribution is 7.19. The van der Waals surface area contributed by atoms with Crippen molar-refractivity contribution in [2.24, 2.45) is 0 Å². The van der Waals surface area contributed by atoms with Crippen molar-refractivity contribution in [1.29, 1.82) is 0 Å². The molecule has 0 amide bonds. The first kappa shape index (κ1) is 22.3. The van der Waals surface area contributed by atoms with Gasteiger partial charge in [-0.3, -0.25) is 0 Å². The first-order chi connectivity index (χ1) is 15.3. The van der Waals surface area contributed by atoms with Crippen LogP contribution in [0.3, 0.4) is 0 Å². The number of hydrogen-bond acceptors (Lipinski definition) is 10. The van der Waals surface area contributed by atoms with E-state index < -0.39 is 11.5 Å². The lowest BCUT2D eigenvalue weighted by Crippen LogP contribution is -2.39. The number of esters is 1. The number of carbonyl (C=O) groups is 1. The van der Waals surface area contributed by atoms with Crippen LogP contribution in [0.5, 0.6) is 0 Å². The highest BCUT2D eigenvalue weighted by Gasteiger charge is 2.31. The predicted octanol–water partition coefficient (Wildman–Crippen LogP) is 3.17. The van der Waals surface area contributed by atoms with E-state index in [0.717, 1.165) is 39.8 Å². The van der Waals surface area contributed by atoms with Crippen LogP contribution in [-0.4, -0.2) is 65.9 Å². The molecule has 1 fully saturated rings. The van der Waals surface area contributed by atoms with Crippen LogP contribution >= 0.6 is 11.3 Å². The summed E-state index contributed by atoms with van der Waals surface area (Å²) in [6, 6.07) is 2.13. The lowest BCUT2D eigenvalue weighted by atomic mass is 10.0. The molecule has 0 atom stereocenters. The summed E-state index contributed by atoms with van der Waals surface area (Å²) in [6.07, 6.45) is 3.01. The fraction of sp³-hybridized carbons (Fsp3) is 0.500. The van der Waals surface area contributed by atoms with Crippen LogP contribution in [0.25, 0.3) is 10.2 Å². The number of rotatable bonds is 6. The van der Waals surface area contributed by atoms with Crippen molar-refractivity contribution in [3.63, 3.8) is 0 Å². The molecule has 9 nitrogen and oxygen atoms in total. The molecule has 32 heavy (non-hydrogen) atoms. The van der Waals surface area contributed by atoms with Gasteiger partial charge >= 0.3 is 5.97 Å². The minimum atomic E-state index is -0.421. The summed E-state index contributed by atoms with van der Waals surface area (Å²) in [7, 11) is 1.95. The Morgan fingerprint density at radius 2 is 1.94 bits per heavy atom. The maximum absolute atomic E-state index is 11.9. The molecule has 1 aliphatic rings. The third-order valence-electron chi connectivity index (χ3n) is 5.67. The van der Waals surface area contributed by atoms with Crippen LogP contribution in [0.2, 0.25) is 0 Å². The molecule has 1 saturated heterocycles. The maximum Gasteiger partial charge on any atom is 0.341 e. The second kappa shape index (κ2) is 8.95. The Labute approximate surface area is 191 Å². The SMILES string of the molecule is CCOC(=O)c1cnc(N(C)C(C)(C)c2cc3nc(C)nc(N4CCOCC4)c3s2)nc1. The van der Waals surface area contributed by atoms with Gasteiger partial charge in [0.15, 0.2) is 5.82 Å². The number of thiophene rings is 1. The molecule has 0 unspecified atom stereocenters. The van der Waals surface area contributed by atoms with Gasteiger partial charge in [0.1, 0.15) is 5.82 Å². The minimum absolute atomic E-state index is 0.314. The van der Waals surface area contributed by atoms with Crippen molar-refractivity contribution in [3.8, 4) is 0 Å². The average molecular weight is 457 g/mol. The zero-order chi connectivity index (χ0) is 22.9. The van der Waals surface area contributed by atoms with Crippen molar-refractivity contribution < 1.29 is 14.3 Å². The standard InChI is InChI=1S/C22H28N6O3S/c1-6-31-20(29)15-12-23-21(24-13-15)27(5)22(3,4)17-11-16-18(32-17)19(26-14(2)25-16)28-7-9-30-10-8-28/h11-13H,6-10H2,1-5H3. The zero-order valence-electron chi connectivity index (χ0n) is 19.1. The molecule has 0 bridgehead atoms. The van der Waals surface area contributed by atoms with Crippen LogP contribution in [0.1, 0.15) is 41.8 Å². The monoisotopic (exact) mass is 456 g/mol. The van der Waals surface area contributed by atoms with Gasteiger partial charge in [0.2, 0.25) is 5.95 Å². The smallest absolute Gasteiger partial charge is 0.341 e. The maximum atomic E-state index is 11.9. The van der Waals surface area contributed by atoms with Crippen LogP contribution in [0.15, 0.2) is 18.5 Å². The number of ether oxygens (including phenoxy) is 2. The number of carbonyl (C=O) groups excluding carboxylic acids is 1. The molecule has 0 spiro atoms. The molecule has 0 aromatic carbocycles. The fourth-order valence-corrected chi connectivity index (χ4v) is 4.80. The third kappa shape index (κ3) is 4.24. The van der Waals surface area contributed by atoms with E-state index in [0.29, 0.717) is 31.3 Å². The summed E-state index contributed by atoms with van der Waals surface area (Å²) in [5.74, 6) is 1.83. The van der Waals surface area contributed by atoms with E-state index >= 15 is 0 Å². The minimum Gasteiger partial charge on any atom is -0.462 e. The van der Waals surface area contributed by atoms with E-state index in [4.69, 9.17) is 14.5 Å². The highest BCUT2D eigenvalue weighted by atomic mass is 32.1. The van der Waals surface area contributed by atoms with Gasteiger partial charge in [-0.2, -0.15) is 0 Å². The Kier molecular flexibility index (Phi) is 6.25. The van der Waals surface area contributed by atoms with E-state index in [1.165, 1.54) is 12.4 Å². The molecule has 0 aliphatic carbocycles. The number of aromatic nitrogens is 4. The van der Waals surface area contributed by atoms with Gasteiger partial charge in [-0.25, -0.2) is 24.7 Å². The lowest BCUT2D eigenvalue weighted by molar-refractivity contribution is 0.0525. The Morgan fingerprint density at radius 1 is 1.25 bits per heavy atom. The molecule has 0 N–H and O–H groups in total. The molecule has 0 radical (unpaired) electrons. The summed E-state index contributed by atoms with van der Waals surface area (Å²) < 4.78 is 11.6. The van der Waals surface area contributed by atoms with Gasteiger partial charge in [0.05, 0.1) is 41.1 Å². The van der Waals surface area contributed by atoms with Crippen molar-refractivity contribution in [2.45, 2.75) is 33.2 Å². The molecular formula is C22H28N6O3S. The highest BCUT2D eigenvalue weighted by Crippen LogP contribution is 2.40. The van der Waals surface area contributed by atoms with E-state index in [9.17, 15) is 4.79 Å². The first-order valence-corrected chi connectivity index (χ1v) is 11.5. The van der Waals surface area contributed by atoms with Crippen molar-refractivity contribution in [3.05, 3.63) is 34.7 Å². The van der Waals surface area contributed by atoms with Crippen LogP contribution in [0, 0.1) is 6.92 Å². The second-order valence-electron chi connectivity index (χ2n) is 8.13.